The summed E-state index contributed by atoms with van der Waals surface area (Å²) in [7, 11) is 0. The van der Waals surface area contributed by atoms with Crippen LogP contribution in [0.25, 0.3) is 0 Å². The average molecular weight is 264 g/mol. The summed E-state index contributed by atoms with van der Waals surface area (Å²) in [6.07, 6.45) is 2.82. The van der Waals surface area contributed by atoms with Crippen LogP contribution in [0.4, 0.5) is 0 Å². The fourth-order valence-corrected chi connectivity index (χ4v) is 2.32. The summed E-state index contributed by atoms with van der Waals surface area (Å²) in [5.41, 5.74) is 9.32. The predicted octanol–water partition coefficient (Wildman–Crippen LogP) is 3.30. The molecule has 1 atom stereocenters. The minimum Gasteiger partial charge on any atom is -0.319 e. The van der Waals surface area contributed by atoms with Crippen molar-refractivity contribution in [3.63, 3.8) is 0 Å². The molecule has 0 radical (unpaired) electrons. The van der Waals surface area contributed by atoms with Crippen molar-refractivity contribution in [2.45, 2.75) is 32.9 Å². The number of rotatable bonds is 4. The van der Waals surface area contributed by atoms with Gasteiger partial charge in [0, 0.05) is 17.8 Å². The molecule has 0 saturated heterocycles. The van der Waals surface area contributed by atoms with Gasteiger partial charge in [0.05, 0.1) is 11.7 Å². The fourth-order valence-electron chi connectivity index (χ4n) is 2.08. The fraction of sp³-hybridized carbons (Fsp3) is 0.357. The Morgan fingerprint density at radius 1 is 1.39 bits per heavy atom. The van der Waals surface area contributed by atoms with Crippen molar-refractivity contribution in [1.29, 1.82) is 0 Å². The van der Waals surface area contributed by atoms with E-state index in [9.17, 15) is 0 Å². The molecule has 2 aromatic rings. The molecule has 0 aliphatic rings. The normalized spacial score (nSPS) is 12.7. The number of aromatic nitrogens is 2. The summed E-state index contributed by atoms with van der Waals surface area (Å²) in [5.74, 6) is 0. The van der Waals surface area contributed by atoms with Crippen molar-refractivity contribution >= 4 is 11.6 Å². The van der Waals surface area contributed by atoms with Crippen LogP contribution in [0.1, 0.15) is 36.2 Å². The van der Waals surface area contributed by atoms with Gasteiger partial charge in [-0.3, -0.25) is 4.68 Å². The maximum Gasteiger partial charge on any atom is 0.0737 e. The van der Waals surface area contributed by atoms with Gasteiger partial charge in [0.15, 0.2) is 0 Å². The highest BCUT2D eigenvalue weighted by atomic mass is 35.5. The van der Waals surface area contributed by atoms with Crippen molar-refractivity contribution in [1.82, 2.24) is 9.78 Å². The molecular formula is C14H18ClN3. The molecule has 1 aromatic heterocycles. The Bertz CT molecular complexity index is 534. The summed E-state index contributed by atoms with van der Waals surface area (Å²) >= 11 is 6.32. The first kappa shape index (κ1) is 13.1. The average Bonchev–Trinajstić information content (AvgIpc) is 2.80. The molecule has 0 aliphatic heterocycles. The molecular weight excluding hydrogens is 246 g/mol. The Hall–Kier alpha value is -1.32. The van der Waals surface area contributed by atoms with Gasteiger partial charge >= 0.3 is 0 Å². The van der Waals surface area contributed by atoms with Gasteiger partial charge in [0.2, 0.25) is 0 Å². The van der Waals surface area contributed by atoms with Gasteiger partial charge in [-0.05, 0) is 30.5 Å². The van der Waals surface area contributed by atoms with Crippen LogP contribution in [0.3, 0.4) is 0 Å². The Morgan fingerprint density at radius 3 is 2.89 bits per heavy atom. The summed E-state index contributed by atoms with van der Waals surface area (Å²) < 4.78 is 1.95. The van der Waals surface area contributed by atoms with Gasteiger partial charge in [-0.2, -0.15) is 5.10 Å². The second-order valence-electron chi connectivity index (χ2n) is 4.44. The number of benzene rings is 1. The van der Waals surface area contributed by atoms with Crippen LogP contribution >= 0.6 is 11.6 Å². The van der Waals surface area contributed by atoms with Gasteiger partial charge in [-0.25, -0.2) is 0 Å². The molecule has 3 nitrogen and oxygen atoms in total. The standard InChI is InChI=1S/C14H18ClN3/c1-3-9-18-12(7-8-17-18)14(16)11-6-4-5-10(2)13(11)15/h4-8,14H,3,9,16H2,1-2H3. The lowest BCUT2D eigenvalue weighted by molar-refractivity contribution is 0.560. The minimum absolute atomic E-state index is 0.230. The molecule has 0 fully saturated rings. The molecule has 1 unspecified atom stereocenters. The zero-order valence-electron chi connectivity index (χ0n) is 10.7. The van der Waals surface area contributed by atoms with E-state index < -0.39 is 0 Å². The number of nitrogens with zero attached hydrogens (tertiary/aromatic N) is 2. The molecule has 1 heterocycles. The monoisotopic (exact) mass is 263 g/mol. The van der Waals surface area contributed by atoms with E-state index >= 15 is 0 Å². The smallest absolute Gasteiger partial charge is 0.0737 e. The Kier molecular flexibility index (Phi) is 4.04. The van der Waals surface area contributed by atoms with Crippen molar-refractivity contribution in [3.05, 3.63) is 52.3 Å². The number of aryl methyl sites for hydroxylation is 2. The summed E-state index contributed by atoms with van der Waals surface area (Å²) in [5, 5.41) is 5.04. The van der Waals surface area contributed by atoms with E-state index in [4.69, 9.17) is 17.3 Å². The molecule has 0 amide bonds. The van der Waals surface area contributed by atoms with Crippen molar-refractivity contribution in [2.24, 2.45) is 5.73 Å². The third-order valence-electron chi connectivity index (χ3n) is 3.06. The molecule has 2 N–H and O–H groups in total. The molecule has 18 heavy (non-hydrogen) atoms. The second kappa shape index (κ2) is 5.55. The van der Waals surface area contributed by atoms with E-state index in [0.29, 0.717) is 0 Å². The number of nitrogens with two attached hydrogens (primary N) is 1. The summed E-state index contributed by atoms with van der Waals surface area (Å²) in [6, 6.07) is 7.67. The van der Waals surface area contributed by atoms with Crippen molar-refractivity contribution < 1.29 is 0 Å². The topological polar surface area (TPSA) is 43.8 Å². The van der Waals surface area contributed by atoms with Crippen LogP contribution in [0, 0.1) is 6.92 Å². The van der Waals surface area contributed by atoms with Crippen LogP contribution in [0.2, 0.25) is 5.02 Å². The third kappa shape index (κ3) is 2.42. The minimum atomic E-state index is -0.230. The zero-order valence-corrected chi connectivity index (χ0v) is 11.5. The lowest BCUT2D eigenvalue weighted by Gasteiger charge is -2.16. The van der Waals surface area contributed by atoms with Crippen LogP contribution in [0.15, 0.2) is 30.5 Å². The van der Waals surface area contributed by atoms with E-state index in [1.165, 1.54) is 0 Å². The second-order valence-corrected chi connectivity index (χ2v) is 4.81. The first-order chi connectivity index (χ1) is 8.65. The lowest BCUT2D eigenvalue weighted by Crippen LogP contribution is -2.18. The molecule has 2 rings (SSSR count). The largest absolute Gasteiger partial charge is 0.319 e. The maximum atomic E-state index is 6.32. The molecule has 1 aromatic carbocycles. The maximum absolute atomic E-state index is 6.32. The lowest BCUT2D eigenvalue weighted by atomic mass is 10.0. The highest BCUT2D eigenvalue weighted by molar-refractivity contribution is 6.32. The van der Waals surface area contributed by atoms with Crippen molar-refractivity contribution in [3.8, 4) is 0 Å². The predicted molar refractivity (Wildman–Crippen MR) is 74.7 cm³/mol. The molecule has 0 spiro atoms. The van der Waals surface area contributed by atoms with Crippen LogP contribution in [-0.4, -0.2) is 9.78 Å². The highest BCUT2D eigenvalue weighted by Crippen LogP contribution is 2.28. The van der Waals surface area contributed by atoms with E-state index in [-0.39, 0.29) is 6.04 Å². The van der Waals surface area contributed by atoms with Gasteiger partial charge in [0.25, 0.3) is 0 Å². The van der Waals surface area contributed by atoms with E-state index in [1.54, 1.807) is 6.20 Å². The van der Waals surface area contributed by atoms with Gasteiger partial charge in [-0.1, -0.05) is 36.7 Å². The molecule has 4 heteroatoms. The summed E-state index contributed by atoms with van der Waals surface area (Å²) in [6.45, 7) is 4.98. The van der Waals surface area contributed by atoms with Gasteiger partial charge < -0.3 is 5.73 Å². The van der Waals surface area contributed by atoms with Crippen LogP contribution in [0.5, 0.6) is 0 Å². The van der Waals surface area contributed by atoms with E-state index in [0.717, 1.165) is 34.8 Å². The number of hydrogen-bond donors (Lipinski definition) is 1. The van der Waals surface area contributed by atoms with Crippen LogP contribution < -0.4 is 5.73 Å². The van der Waals surface area contributed by atoms with E-state index in [2.05, 4.69) is 12.0 Å². The molecule has 0 bridgehead atoms. The summed E-state index contributed by atoms with van der Waals surface area (Å²) in [4.78, 5) is 0. The van der Waals surface area contributed by atoms with Crippen LogP contribution in [-0.2, 0) is 6.54 Å². The number of halogens is 1. The first-order valence-corrected chi connectivity index (χ1v) is 6.55. The Balaban J connectivity index is 2.38. The van der Waals surface area contributed by atoms with E-state index in [1.807, 2.05) is 35.9 Å². The quantitative estimate of drug-likeness (QED) is 0.920. The third-order valence-corrected chi connectivity index (χ3v) is 3.58. The molecule has 0 aliphatic carbocycles. The Morgan fingerprint density at radius 2 is 2.17 bits per heavy atom. The SMILES string of the molecule is CCCn1nccc1C(N)c1cccc(C)c1Cl. The van der Waals surface area contributed by atoms with Gasteiger partial charge in [-0.15, -0.1) is 0 Å². The Labute approximate surface area is 113 Å². The first-order valence-electron chi connectivity index (χ1n) is 6.17. The van der Waals surface area contributed by atoms with Crippen molar-refractivity contribution in [2.75, 3.05) is 0 Å². The highest BCUT2D eigenvalue weighted by Gasteiger charge is 2.17. The molecule has 96 valence electrons. The number of hydrogen-bond acceptors (Lipinski definition) is 2. The van der Waals surface area contributed by atoms with Gasteiger partial charge in [0.1, 0.15) is 0 Å². The zero-order chi connectivity index (χ0) is 13.1. The molecule has 0 saturated carbocycles.